The van der Waals surface area contributed by atoms with Crippen molar-refractivity contribution in [1.29, 1.82) is 0 Å². The molecule has 1 atom stereocenters. The van der Waals surface area contributed by atoms with Crippen LogP contribution < -0.4 is 16.2 Å². The molecule has 0 spiro atoms. The van der Waals surface area contributed by atoms with E-state index in [4.69, 9.17) is 5.84 Å². The molecule has 5 nitrogen and oxygen atoms in total. The van der Waals surface area contributed by atoms with Crippen LogP contribution in [0.2, 0.25) is 0 Å². The van der Waals surface area contributed by atoms with Gasteiger partial charge in [0, 0.05) is 19.2 Å². The summed E-state index contributed by atoms with van der Waals surface area (Å²) in [6.45, 7) is 2.20. The predicted molar refractivity (Wildman–Crippen MR) is 82.5 cm³/mol. The molecule has 0 aliphatic carbocycles. The van der Waals surface area contributed by atoms with E-state index in [1.807, 2.05) is 24.1 Å². The Hall–Kier alpha value is -0.660. The second-order valence-electron chi connectivity index (χ2n) is 3.98. The Morgan fingerprint density at radius 1 is 1.44 bits per heavy atom. The van der Waals surface area contributed by atoms with E-state index in [9.17, 15) is 0 Å². The van der Waals surface area contributed by atoms with Gasteiger partial charge in [0.25, 0.3) is 0 Å². The molecule has 18 heavy (non-hydrogen) atoms. The average molecular weight is 287 g/mol. The predicted octanol–water partition coefficient (Wildman–Crippen LogP) is 2.06. The lowest BCUT2D eigenvalue weighted by atomic mass is 10.2. The van der Waals surface area contributed by atoms with Gasteiger partial charge in [0.15, 0.2) is 5.16 Å². The van der Waals surface area contributed by atoms with Crippen LogP contribution in [0.25, 0.3) is 0 Å². The molecule has 0 aromatic carbocycles. The zero-order valence-electron chi connectivity index (χ0n) is 11.3. The van der Waals surface area contributed by atoms with Crippen LogP contribution in [0.4, 0.5) is 11.6 Å². The third-order valence-corrected chi connectivity index (χ3v) is 3.98. The molecule has 102 valence electrons. The first-order valence-electron chi connectivity index (χ1n) is 5.73. The molecule has 0 fully saturated rings. The number of nitrogen functional groups attached to an aromatic ring is 1. The SMILES string of the molecule is CSCCC(C)N(C)c1cc(NN)nc(SC)n1. The topological polar surface area (TPSA) is 67.1 Å². The van der Waals surface area contributed by atoms with Crippen molar-refractivity contribution >= 4 is 35.2 Å². The molecule has 7 heteroatoms. The van der Waals surface area contributed by atoms with Crippen molar-refractivity contribution in [2.45, 2.75) is 24.5 Å². The summed E-state index contributed by atoms with van der Waals surface area (Å²) in [5.41, 5.74) is 2.58. The minimum Gasteiger partial charge on any atom is -0.357 e. The van der Waals surface area contributed by atoms with Crippen LogP contribution in [0.5, 0.6) is 0 Å². The summed E-state index contributed by atoms with van der Waals surface area (Å²) in [6.07, 6.45) is 5.21. The Labute approximate surface area is 117 Å². The van der Waals surface area contributed by atoms with Crippen molar-refractivity contribution in [3.8, 4) is 0 Å². The highest BCUT2D eigenvalue weighted by Gasteiger charge is 2.13. The summed E-state index contributed by atoms with van der Waals surface area (Å²) in [6, 6.07) is 2.31. The standard InChI is InChI=1S/C11H21N5S2/c1-8(5-6-17-3)16(2)10-7-9(15-12)13-11(14-10)18-4/h7-8H,5-6,12H2,1-4H3,(H,13,14,15). The van der Waals surface area contributed by atoms with E-state index >= 15 is 0 Å². The van der Waals surface area contributed by atoms with Crippen LogP contribution in [0, 0.1) is 0 Å². The summed E-state index contributed by atoms with van der Waals surface area (Å²) < 4.78 is 0. The van der Waals surface area contributed by atoms with Gasteiger partial charge in [0.2, 0.25) is 0 Å². The molecule has 0 aliphatic heterocycles. The average Bonchev–Trinajstić information content (AvgIpc) is 2.43. The summed E-state index contributed by atoms with van der Waals surface area (Å²) in [5.74, 6) is 8.12. The normalized spacial score (nSPS) is 12.3. The van der Waals surface area contributed by atoms with Crippen molar-refractivity contribution < 1.29 is 0 Å². The summed E-state index contributed by atoms with van der Waals surface area (Å²) in [4.78, 5) is 10.9. The van der Waals surface area contributed by atoms with Crippen LogP contribution in [0.15, 0.2) is 11.2 Å². The van der Waals surface area contributed by atoms with Crippen molar-refractivity contribution in [3.05, 3.63) is 6.07 Å². The Kier molecular flexibility index (Phi) is 6.59. The number of aromatic nitrogens is 2. The van der Waals surface area contributed by atoms with Crippen molar-refractivity contribution in [1.82, 2.24) is 9.97 Å². The van der Waals surface area contributed by atoms with Crippen LogP contribution in [0.1, 0.15) is 13.3 Å². The van der Waals surface area contributed by atoms with Gasteiger partial charge >= 0.3 is 0 Å². The van der Waals surface area contributed by atoms with Gasteiger partial charge in [-0.05, 0) is 31.6 Å². The van der Waals surface area contributed by atoms with Crippen molar-refractivity contribution in [3.63, 3.8) is 0 Å². The monoisotopic (exact) mass is 287 g/mol. The van der Waals surface area contributed by atoms with E-state index in [2.05, 4.69) is 40.5 Å². The number of hydrazine groups is 1. The smallest absolute Gasteiger partial charge is 0.191 e. The number of hydrogen-bond acceptors (Lipinski definition) is 7. The minimum atomic E-state index is 0.438. The zero-order chi connectivity index (χ0) is 13.5. The number of hydrogen-bond donors (Lipinski definition) is 2. The third kappa shape index (κ3) is 4.22. The highest BCUT2D eigenvalue weighted by molar-refractivity contribution is 7.98. The van der Waals surface area contributed by atoms with Gasteiger partial charge in [0.1, 0.15) is 11.6 Å². The van der Waals surface area contributed by atoms with Gasteiger partial charge in [0.05, 0.1) is 0 Å². The first kappa shape index (κ1) is 15.4. The summed E-state index contributed by atoms with van der Waals surface area (Å²) in [5, 5.41) is 0.726. The van der Waals surface area contributed by atoms with Crippen LogP contribution in [0.3, 0.4) is 0 Å². The van der Waals surface area contributed by atoms with Crippen LogP contribution >= 0.6 is 23.5 Å². The lowest BCUT2D eigenvalue weighted by Gasteiger charge is -2.26. The molecular formula is C11H21N5S2. The molecule has 1 aromatic rings. The second-order valence-corrected chi connectivity index (χ2v) is 5.74. The van der Waals surface area contributed by atoms with E-state index in [0.717, 1.165) is 23.1 Å². The first-order chi connectivity index (χ1) is 8.62. The maximum absolute atomic E-state index is 5.43. The molecule has 0 saturated heterocycles. The zero-order valence-corrected chi connectivity index (χ0v) is 12.9. The summed E-state index contributed by atoms with van der Waals surface area (Å²) in [7, 11) is 2.05. The Bertz CT molecular complexity index is 352. The second kappa shape index (κ2) is 7.70. The van der Waals surface area contributed by atoms with Gasteiger partial charge in [-0.25, -0.2) is 15.8 Å². The van der Waals surface area contributed by atoms with Crippen LogP contribution in [-0.4, -0.2) is 41.3 Å². The summed E-state index contributed by atoms with van der Waals surface area (Å²) >= 11 is 3.37. The number of nitrogens with zero attached hydrogens (tertiary/aromatic N) is 3. The molecule has 1 rings (SSSR count). The Morgan fingerprint density at radius 3 is 2.72 bits per heavy atom. The minimum absolute atomic E-state index is 0.438. The highest BCUT2D eigenvalue weighted by atomic mass is 32.2. The molecule has 0 amide bonds. The molecule has 1 heterocycles. The van der Waals surface area contributed by atoms with Crippen molar-refractivity contribution in [2.75, 3.05) is 35.6 Å². The fourth-order valence-corrected chi connectivity index (χ4v) is 2.42. The molecule has 0 bridgehead atoms. The van der Waals surface area contributed by atoms with E-state index in [0.29, 0.717) is 11.9 Å². The lowest BCUT2D eigenvalue weighted by molar-refractivity contribution is 0.657. The maximum atomic E-state index is 5.43. The number of anilines is 2. The molecule has 3 N–H and O–H groups in total. The molecule has 0 aliphatic rings. The molecular weight excluding hydrogens is 266 g/mol. The lowest BCUT2D eigenvalue weighted by Crippen LogP contribution is -2.30. The van der Waals surface area contributed by atoms with E-state index in [1.54, 1.807) is 0 Å². The molecule has 1 aromatic heterocycles. The first-order valence-corrected chi connectivity index (χ1v) is 8.35. The van der Waals surface area contributed by atoms with Gasteiger partial charge in [-0.1, -0.05) is 11.8 Å². The fraction of sp³-hybridized carbons (Fsp3) is 0.636. The Balaban J connectivity index is 2.86. The third-order valence-electron chi connectivity index (χ3n) is 2.78. The van der Waals surface area contributed by atoms with Gasteiger partial charge in [-0.3, -0.25) is 0 Å². The number of thioether (sulfide) groups is 2. The van der Waals surface area contributed by atoms with Gasteiger partial charge in [-0.2, -0.15) is 11.8 Å². The number of rotatable bonds is 7. The van der Waals surface area contributed by atoms with Crippen LogP contribution in [-0.2, 0) is 0 Å². The Morgan fingerprint density at radius 2 is 2.17 bits per heavy atom. The maximum Gasteiger partial charge on any atom is 0.191 e. The van der Waals surface area contributed by atoms with E-state index in [-0.39, 0.29) is 0 Å². The molecule has 1 unspecified atom stereocenters. The molecule has 0 saturated carbocycles. The van der Waals surface area contributed by atoms with E-state index in [1.165, 1.54) is 11.8 Å². The van der Waals surface area contributed by atoms with Gasteiger partial charge < -0.3 is 10.3 Å². The molecule has 0 radical (unpaired) electrons. The largest absolute Gasteiger partial charge is 0.357 e. The van der Waals surface area contributed by atoms with E-state index < -0.39 is 0 Å². The van der Waals surface area contributed by atoms with Gasteiger partial charge in [-0.15, -0.1) is 0 Å². The number of nitrogens with two attached hydrogens (primary N) is 1. The highest BCUT2D eigenvalue weighted by Crippen LogP contribution is 2.21. The fourth-order valence-electron chi connectivity index (χ4n) is 1.47. The quantitative estimate of drug-likeness (QED) is 0.344. The van der Waals surface area contributed by atoms with Crippen molar-refractivity contribution in [2.24, 2.45) is 5.84 Å². The number of nitrogens with one attached hydrogen (secondary N) is 1.